The van der Waals surface area contributed by atoms with Crippen molar-refractivity contribution in [1.29, 1.82) is 0 Å². The Morgan fingerprint density at radius 2 is 2.12 bits per heavy atom. The second kappa shape index (κ2) is 7.35. The van der Waals surface area contributed by atoms with Gasteiger partial charge in [0.1, 0.15) is 11.6 Å². The highest BCUT2D eigenvalue weighted by molar-refractivity contribution is 6.36. The molecule has 0 saturated heterocycles. The predicted molar refractivity (Wildman–Crippen MR) is 103 cm³/mol. The maximum Gasteiger partial charge on any atom is 0.271 e. The van der Waals surface area contributed by atoms with Crippen molar-refractivity contribution >= 4 is 46.4 Å². The number of benzene rings is 2. The minimum Gasteiger partial charge on any atom is -0.506 e. The maximum absolute atomic E-state index is 12.3. The summed E-state index contributed by atoms with van der Waals surface area (Å²) in [7, 11) is 0. The minimum atomic E-state index is -0.389. The van der Waals surface area contributed by atoms with E-state index in [0.29, 0.717) is 16.1 Å². The molecule has 0 unspecified atom stereocenters. The Balaban J connectivity index is 1.79. The van der Waals surface area contributed by atoms with E-state index in [1.807, 2.05) is 19.9 Å². The lowest BCUT2D eigenvalue weighted by Crippen LogP contribution is -2.17. The Hall–Kier alpha value is -2.57. The first-order valence-corrected chi connectivity index (χ1v) is 8.64. The van der Waals surface area contributed by atoms with E-state index in [-0.39, 0.29) is 16.7 Å². The van der Waals surface area contributed by atoms with E-state index in [1.54, 1.807) is 12.1 Å². The number of hydrazone groups is 1. The molecule has 1 aromatic heterocycles. The number of amides is 1. The fourth-order valence-corrected chi connectivity index (χ4v) is 3.21. The van der Waals surface area contributed by atoms with Crippen molar-refractivity contribution in [2.24, 2.45) is 5.10 Å². The van der Waals surface area contributed by atoms with Gasteiger partial charge in [-0.05, 0) is 44.2 Å². The number of phenolic OH excluding ortho intramolecular Hbond substituents is 1. The molecule has 0 aliphatic rings. The minimum absolute atomic E-state index is 0.109. The second-order valence-electron chi connectivity index (χ2n) is 5.63. The van der Waals surface area contributed by atoms with E-state index in [9.17, 15) is 9.90 Å². The molecule has 6 nitrogen and oxygen atoms in total. The number of aromatic nitrogens is 2. The van der Waals surface area contributed by atoms with Crippen LogP contribution < -0.4 is 5.43 Å². The van der Waals surface area contributed by atoms with E-state index in [0.717, 1.165) is 23.4 Å². The van der Waals surface area contributed by atoms with Crippen LogP contribution in [0.1, 0.15) is 28.7 Å². The number of carbonyl (C=O) groups is 1. The summed E-state index contributed by atoms with van der Waals surface area (Å²) in [5.74, 6) is 0.349. The summed E-state index contributed by atoms with van der Waals surface area (Å²) in [6, 6.07) is 8.20. The molecule has 0 spiro atoms. The SMILES string of the molecule is CCn1c(C)nc2cc(C(=O)N/N=C/c3cc(Cl)cc(Cl)c3O)ccc21. The van der Waals surface area contributed by atoms with E-state index < -0.39 is 0 Å². The lowest BCUT2D eigenvalue weighted by Gasteiger charge is -2.04. The van der Waals surface area contributed by atoms with E-state index >= 15 is 0 Å². The van der Waals surface area contributed by atoms with Crippen LogP contribution in [0.5, 0.6) is 5.75 Å². The number of fused-ring (bicyclic) bond motifs is 1. The number of imidazole rings is 1. The molecular weight excluding hydrogens is 375 g/mol. The highest BCUT2D eigenvalue weighted by atomic mass is 35.5. The first-order chi connectivity index (χ1) is 12.4. The molecule has 0 atom stereocenters. The number of carbonyl (C=O) groups excluding carboxylic acids is 1. The molecule has 0 bridgehead atoms. The van der Waals surface area contributed by atoms with Gasteiger partial charge in [0.15, 0.2) is 0 Å². The van der Waals surface area contributed by atoms with Gasteiger partial charge < -0.3 is 9.67 Å². The smallest absolute Gasteiger partial charge is 0.271 e. The van der Waals surface area contributed by atoms with Gasteiger partial charge in [-0.15, -0.1) is 0 Å². The van der Waals surface area contributed by atoms with Gasteiger partial charge in [-0.3, -0.25) is 4.79 Å². The van der Waals surface area contributed by atoms with Crippen molar-refractivity contribution in [1.82, 2.24) is 15.0 Å². The summed E-state index contributed by atoms with van der Waals surface area (Å²) in [6.07, 6.45) is 1.28. The first kappa shape index (κ1) is 18.2. The Labute approximate surface area is 160 Å². The molecular formula is C18H16Cl2N4O2. The zero-order chi connectivity index (χ0) is 18.8. The van der Waals surface area contributed by atoms with Gasteiger partial charge in [-0.25, -0.2) is 10.4 Å². The topological polar surface area (TPSA) is 79.5 Å². The van der Waals surface area contributed by atoms with Crippen LogP contribution in [-0.4, -0.2) is 26.8 Å². The number of hydrogen-bond donors (Lipinski definition) is 2. The Kier molecular flexibility index (Phi) is 5.15. The molecule has 8 heteroatoms. The van der Waals surface area contributed by atoms with E-state index in [2.05, 4.69) is 20.1 Å². The summed E-state index contributed by atoms with van der Waals surface area (Å²) < 4.78 is 2.07. The van der Waals surface area contributed by atoms with Crippen LogP contribution in [0.15, 0.2) is 35.4 Å². The molecule has 2 aromatic carbocycles. The molecule has 1 heterocycles. The van der Waals surface area contributed by atoms with Crippen molar-refractivity contribution in [2.75, 3.05) is 0 Å². The Morgan fingerprint density at radius 3 is 2.85 bits per heavy atom. The van der Waals surface area contributed by atoms with Crippen LogP contribution in [0.2, 0.25) is 10.0 Å². The van der Waals surface area contributed by atoms with Crippen LogP contribution in [0, 0.1) is 6.92 Å². The van der Waals surface area contributed by atoms with Crippen molar-refractivity contribution in [3.8, 4) is 5.75 Å². The molecule has 1 amide bonds. The number of aromatic hydroxyl groups is 1. The molecule has 0 aliphatic carbocycles. The van der Waals surface area contributed by atoms with Crippen molar-refractivity contribution in [2.45, 2.75) is 20.4 Å². The lowest BCUT2D eigenvalue weighted by atomic mass is 10.2. The van der Waals surface area contributed by atoms with Gasteiger partial charge in [0, 0.05) is 22.7 Å². The maximum atomic E-state index is 12.3. The molecule has 2 N–H and O–H groups in total. The molecule has 134 valence electrons. The summed E-state index contributed by atoms with van der Waals surface area (Å²) in [5, 5.41) is 14.2. The second-order valence-corrected chi connectivity index (χ2v) is 6.47. The van der Waals surface area contributed by atoms with E-state index in [4.69, 9.17) is 23.2 Å². The highest BCUT2D eigenvalue weighted by Crippen LogP contribution is 2.29. The molecule has 0 saturated carbocycles. The number of nitrogens with one attached hydrogen (secondary N) is 1. The van der Waals surface area contributed by atoms with E-state index in [1.165, 1.54) is 18.3 Å². The van der Waals surface area contributed by atoms with Gasteiger partial charge in [0.05, 0.1) is 22.3 Å². The summed E-state index contributed by atoms with van der Waals surface area (Å²) >= 11 is 11.7. The Bertz CT molecular complexity index is 1030. The summed E-state index contributed by atoms with van der Waals surface area (Å²) in [6.45, 7) is 4.78. The summed E-state index contributed by atoms with van der Waals surface area (Å²) in [4.78, 5) is 16.8. The van der Waals surface area contributed by atoms with Crippen LogP contribution in [0.3, 0.4) is 0 Å². The third-order valence-corrected chi connectivity index (χ3v) is 4.45. The van der Waals surface area contributed by atoms with Gasteiger partial charge in [-0.2, -0.15) is 5.10 Å². The number of hydrogen-bond acceptors (Lipinski definition) is 4. The number of aryl methyl sites for hydroxylation is 2. The predicted octanol–water partition coefficient (Wildman–Crippen LogP) is 4.14. The standard InChI is InChI=1S/C18H16Cl2N4O2/c1-3-24-10(2)22-15-7-11(4-5-16(15)24)18(26)23-21-9-12-6-13(19)8-14(20)17(12)25/h4-9,25H,3H2,1-2H3,(H,23,26)/b21-9+. The largest absolute Gasteiger partial charge is 0.506 e. The lowest BCUT2D eigenvalue weighted by molar-refractivity contribution is 0.0955. The average Bonchev–Trinajstić information content (AvgIpc) is 2.92. The van der Waals surface area contributed by atoms with Gasteiger partial charge >= 0.3 is 0 Å². The summed E-state index contributed by atoms with van der Waals surface area (Å²) in [5.41, 5.74) is 4.87. The zero-order valence-electron chi connectivity index (χ0n) is 14.1. The van der Waals surface area contributed by atoms with Gasteiger partial charge in [0.2, 0.25) is 0 Å². The number of nitrogens with zero attached hydrogens (tertiary/aromatic N) is 3. The normalized spacial score (nSPS) is 11.4. The molecule has 26 heavy (non-hydrogen) atoms. The van der Waals surface area contributed by atoms with Crippen molar-refractivity contribution in [3.63, 3.8) is 0 Å². The van der Waals surface area contributed by atoms with Crippen LogP contribution in [-0.2, 0) is 6.54 Å². The molecule has 0 aliphatic heterocycles. The van der Waals surface area contributed by atoms with Crippen molar-refractivity contribution in [3.05, 3.63) is 57.3 Å². The monoisotopic (exact) mass is 390 g/mol. The first-order valence-electron chi connectivity index (χ1n) is 7.89. The van der Waals surface area contributed by atoms with Crippen LogP contribution in [0.25, 0.3) is 11.0 Å². The molecule has 3 rings (SSSR count). The fourth-order valence-electron chi connectivity index (χ4n) is 2.70. The fraction of sp³-hybridized carbons (Fsp3) is 0.167. The number of phenols is 1. The zero-order valence-corrected chi connectivity index (χ0v) is 15.6. The van der Waals surface area contributed by atoms with Crippen LogP contribution in [0.4, 0.5) is 0 Å². The van der Waals surface area contributed by atoms with Gasteiger partial charge in [0.25, 0.3) is 5.91 Å². The quantitative estimate of drug-likeness (QED) is 0.518. The van der Waals surface area contributed by atoms with Crippen molar-refractivity contribution < 1.29 is 9.90 Å². The Morgan fingerprint density at radius 1 is 1.35 bits per heavy atom. The van der Waals surface area contributed by atoms with Crippen LogP contribution >= 0.6 is 23.2 Å². The molecule has 3 aromatic rings. The highest BCUT2D eigenvalue weighted by Gasteiger charge is 2.11. The number of rotatable bonds is 4. The number of halogens is 2. The van der Waals surface area contributed by atoms with Gasteiger partial charge in [-0.1, -0.05) is 23.2 Å². The third kappa shape index (κ3) is 3.52. The molecule has 0 radical (unpaired) electrons. The molecule has 0 fully saturated rings. The third-order valence-electron chi connectivity index (χ3n) is 3.94. The average molecular weight is 391 g/mol.